The van der Waals surface area contributed by atoms with Crippen LogP contribution in [0.2, 0.25) is 0 Å². The van der Waals surface area contributed by atoms with E-state index in [9.17, 15) is 0 Å². The van der Waals surface area contributed by atoms with E-state index in [2.05, 4.69) is 20.4 Å². The van der Waals surface area contributed by atoms with Crippen LogP contribution in [0.5, 0.6) is 11.5 Å². The molecular weight excluding hydrogens is 332 g/mol. The van der Waals surface area contributed by atoms with Gasteiger partial charge in [0, 0.05) is 17.3 Å². The normalized spacial score (nSPS) is 12.9. The van der Waals surface area contributed by atoms with Gasteiger partial charge in [-0.1, -0.05) is 35.5 Å². The molecule has 7 heteroatoms. The van der Waals surface area contributed by atoms with Crippen molar-refractivity contribution in [3.05, 3.63) is 54.9 Å². The number of nitrogens with one attached hydrogen (secondary N) is 1. The van der Waals surface area contributed by atoms with Crippen molar-refractivity contribution in [2.24, 2.45) is 0 Å². The van der Waals surface area contributed by atoms with Gasteiger partial charge in [0.2, 0.25) is 5.58 Å². The van der Waals surface area contributed by atoms with Crippen LogP contribution >= 0.6 is 0 Å². The molecule has 0 saturated carbocycles. The quantitative estimate of drug-likeness (QED) is 0.604. The molecular formula is C19H14N4O3. The Kier molecular flexibility index (Phi) is 3.41. The lowest BCUT2D eigenvalue weighted by Gasteiger charge is -2.19. The number of nitrogens with zero attached hydrogens (tertiary/aromatic N) is 3. The minimum atomic E-state index is 0.501. The highest BCUT2D eigenvalue weighted by Gasteiger charge is 2.17. The molecule has 1 N–H and O–H groups in total. The van der Waals surface area contributed by atoms with E-state index in [-0.39, 0.29) is 0 Å². The highest BCUT2D eigenvalue weighted by molar-refractivity contribution is 5.94. The zero-order valence-electron chi connectivity index (χ0n) is 13.7. The Labute approximate surface area is 148 Å². The molecule has 1 aliphatic rings. The minimum Gasteiger partial charge on any atom is -0.486 e. The third-order valence-electron chi connectivity index (χ3n) is 4.11. The van der Waals surface area contributed by atoms with Crippen LogP contribution in [-0.2, 0) is 0 Å². The van der Waals surface area contributed by atoms with Crippen LogP contribution in [0, 0.1) is 0 Å². The van der Waals surface area contributed by atoms with Gasteiger partial charge < -0.3 is 19.3 Å². The predicted molar refractivity (Wildman–Crippen MR) is 95.7 cm³/mol. The van der Waals surface area contributed by atoms with Gasteiger partial charge in [-0.2, -0.15) is 0 Å². The Morgan fingerprint density at radius 1 is 0.885 bits per heavy atom. The maximum absolute atomic E-state index is 5.62. The van der Waals surface area contributed by atoms with Gasteiger partial charge in [0.25, 0.3) is 0 Å². The predicted octanol–water partition coefficient (Wildman–Crippen LogP) is 3.80. The van der Waals surface area contributed by atoms with E-state index in [1.807, 2.05) is 48.5 Å². The lowest BCUT2D eigenvalue weighted by atomic mass is 10.1. The van der Waals surface area contributed by atoms with Crippen LogP contribution in [0.1, 0.15) is 0 Å². The molecule has 2 aromatic heterocycles. The van der Waals surface area contributed by atoms with E-state index in [0.717, 1.165) is 17.0 Å². The largest absolute Gasteiger partial charge is 0.486 e. The zero-order chi connectivity index (χ0) is 17.3. The number of ether oxygens (including phenoxy) is 2. The molecule has 0 atom stereocenters. The summed E-state index contributed by atoms with van der Waals surface area (Å²) in [6, 6.07) is 15.4. The van der Waals surface area contributed by atoms with E-state index >= 15 is 0 Å². The fourth-order valence-corrected chi connectivity index (χ4v) is 2.90. The van der Waals surface area contributed by atoms with Crippen LogP contribution in [0.3, 0.4) is 0 Å². The molecule has 7 nitrogen and oxygen atoms in total. The van der Waals surface area contributed by atoms with Crippen LogP contribution in [-0.4, -0.2) is 28.3 Å². The van der Waals surface area contributed by atoms with Crippen molar-refractivity contribution in [2.45, 2.75) is 0 Å². The molecule has 4 aromatic rings. The smallest absolute Gasteiger partial charge is 0.228 e. The van der Waals surface area contributed by atoms with Gasteiger partial charge >= 0.3 is 0 Å². The van der Waals surface area contributed by atoms with Gasteiger partial charge in [0.05, 0.1) is 0 Å². The monoisotopic (exact) mass is 346 g/mol. The third kappa shape index (κ3) is 2.50. The summed E-state index contributed by atoms with van der Waals surface area (Å²) in [5, 5.41) is 7.42. The molecule has 5 rings (SSSR count). The number of benzene rings is 2. The molecule has 0 radical (unpaired) electrons. The fraction of sp³-hybridized carbons (Fsp3) is 0.105. The van der Waals surface area contributed by atoms with Crippen molar-refractivity contribution in [3.8, 4) is 22.8 Å². The Morgan fingerprint density at radius 3 is 2.62 bits per heavy atom. The first kappa shape index (κ1) is 14.7. The topological polar surface area (TPSA) is 82.3 Å². The van der Waals surface area contributed by atoms with Gasteiger partial charge in [0.15, 0.2) is 17.3 Å². The summed E-state index contributed by atoms with van der Waals surface area (Å²) >= 11 is 0. The molecule has 26 heavy (non-hydrogen) atoms. The molecule has 2 aromatic carbocycles. The van der Waals surface area contributed by atoms with Gasteiger partial charge in [-0.3, -0.25) is 0 Å². The number of aromatic nitrogens is 3. The van der Waals surface area contributed by atoms with Crippen molar-refractivity contribution in [1.82, 2.24) is 15.1 Å². The first-order valence-electron chi connectivity index (χ1n) is 8.21. The van der Waals surface area contributed by atoms with Crippen molar-refractivity contribution in [1.29, 1.82) is 0 Å². The number of hydrogen-bond donors (Lipinski definition) is 1. The second-order valence-corrected chi connectivity index (χ2v) is 5.78. The molecule has 0 spiro atoms. The maximum atomic E-state index is 5.62. The Hall–Kier alpha value is -3.61. The van der Waals surface area contributed by atoms with Crippen molar-refractivity contribution in [3.63, 3.8) is 0 Å². The standard InChI is InChI=1S/C19H14N4O3/c1-2-4-12(5-3-1)16-17-18(26-23-16)19(21-11-20-17)22-13-6-7-14-15(10-13)25-9-8-24-14/h1-7,10-11H,8-9H2,(H,20,21,22). The summed E-state index contributed by atoms with van der Waals surface area (Å²) in [4.78, 5) is 8.63. The molecule has 0 aliphatic carbocycles. The zero-order valence-corrected chi connectivity index (χ0v) is 13.7. The van der Waals surface area contributed by atoms with E-state index < -0.39 is 0 Å². The average Bonchev–Trinajstić information content (AvgIpc) is 3.14. The highest BCUT2D eigenvalue weighted by atomic mass is 16.6. The number of anilines is 2. The van der Waals surface area contributed by atoms with Crippen LogP contribution in [0.4, 0.5) is 11.5 Å². The molecule has 0 saturated heterocycles. The molecule has 3 heterocycles. The van der Waals surface area contributed by atoms with Gasteiger partial charge in [0.1, 0.15) is 30.8 Å². The number of hydrogen-bond acceptors (Lipinski definition) is 7. The summed E-state index contributed by atoms with van der Waals surface area (Å²) in [6.07, 6.45) is 1.49. The summed E-state index contributed by atoms with van der Waals surface area (Å²) in [7, 11) is 0. The first-order chi connectivity index (χ1) is 12.9. The van der Waals surface area contributed by atoms with E-state index in [4.69, 9.17) is 14.0 Å². The van der Waals surface area contributed by atoms with Gasteiger partial charge in [-0.05, 0) is 12.1 Å². The van der Waals surface area contributed by atoms with Crippen LogP contribution in [0.25, 0.3) is 22.4 Å². The Morgan fingerprint density at radius 2 is 1.73 bits per heavy atom. The summed E-state index contributed by atoms with van der Waals surface area (Å²) in [5.41, 5.74) is 3.60. The molecule has 0 unspecified atom stereocenters. The molecule has 0 amide bonds. The fourth-order valence-electron chi connectivity index (χ4n) is 2.90. The van der Waals surface area contributed by atoms with Crippen molar-refractivity contribution >= 4 is 22.6 Å². The average molecular weight is 346 g/mol. The third-order valence-corrected chi connectivity index (χ3v) is 4.11. The first-order valence-corrected chi connectivity index (χ1v) is 8.21. The lowest BCUT2D eigenvalue weighted by molar-refractivity contribution is 0.171. The number of rotatable bonds is 3. The highest BCUT2D eigenvalue weighted by Crippen LogP contribution is 2.35. The van der Waals surface area contributed by atoms with E-state index in [1.54, 1.807) is 0 Å². The SMILES string of the molecule is c1ccc(-c2noc3c(Nc4ccc5c(c4)OCCO5)ncnc23)cc1. The van der Waals surface area contributed by atoms with Crippen LogP contribution < -0.4 is 14.8 Å². The molecule has 128 valence electrons. The van der Waals surface area contributed by atoms with Crippen molar-refractivity contribution < 1.29 is 14.0 Å². The summed E-state index contributed by atoms with van der Waals surface area (Å²) in [6.45, 7) is 1.10. The summed E-state index contributed by atoms with van der Waals surface area (Å²) in [5.74, 6) is 1.98. The van der Waals surface area contributed by atoms with E-state index in [1.165, 1.54) is 6.33 Å². The molecule has 1 aliphatic heterocycles. The Bertz CT molecular complexity index is 1080. The van der Waals surface area contributed by atoms with E-state index in [0.29, 0.717) is 41.6 Å². The van der Waals surface area contributed by atoms with Gasteiger partial charge in [-0.15, -0.1) is 0 Å². The van der Waals surface area contributed by atoms with Gasteiger partial charge in [-0.25, -0.2) is 9.97 Å². The molecule has 0 bridgehead atoms. The second-order valence-electron chi connectivity index (χ2n) is 5.78. The maximum Gasteiger partial charge on any atom is 0.228 e. The number of fused-ring (bicyclic) bond motifs is 2. The minimum absolute atomic E-state index is 0.501. The lowest BCUT2D eigenvalue weighted by Crippen LogP contribution is -2.15. The van der Waals surface area contributed by atoms with Crippen LogP contribution in [0.15, 0.2) is 59.4 Å². The second kappa shape index (κ2) is 6.03. The van der Waals surface area contributed by atoms with Crippen molar-refractivity contribution in [2.75, 3.05) is 18.5 Å². The Balaban J connectivity index is 1.53. The molecule has 0 fully saturated rings. The summed E-state index contributed by atoms with van der Waals surface area (Å²) < 4.78 is 16.7.